The van der Waals surface area contributed by atoms with E-state index in [1.807, 2.05) is 18.2 Å². The van der Waals surface area contributed by atoms with Gasteiger partial charge in [0.25, 0.3) is 0 Å². The Labute approximate surface area is 178 Å². The Morgan fingerprint density at radius 3 is 2.66 bits per heavy atom. The fourth-order valence-corrected chi connectivity index (χ4v) is 4.92. The van der Waals surface area contributed by atoms with Gasteiger partial charge in [-0.2, -0.15) is 0 Å². The van der Waals surface area contributed by atoms with E-state index in [0.717, 1.165) is 29.9 Å². The molecule has 1 saturated carbocycles. The Bertz CT molecular complexity index is 793. The summed E-state index contributed by atoms with van der Waals surface area (Å²) in [6.45, 7) is 4.25. The number of carboxylic acids is 1. The summed E-state index contributed by atoms with van der Waals surface area (Å²) >= 11 is 1.72. The molecule has 4 nitrogen and oxygen atoms in total. The van der Waals surface area contributed by atoms with Gasteiger partial charge in [-0.1, -0.05) is 54.4 Å². The maximum Gasteiger partial charge on any atom is 0.317 e. The van der Waals surface area contributed by atoms with Crippen LogP contribution < -0.4 is 10.1 Å². The van der Waals surface area contributed by atoms with Crippen molar-refractivity contribution in [3.05, 3.63) is 54.1 Å². The van der Waals surface area contributed by atoms with Crippen molar-refractivity contribution in [3.63, 3.8) is 0 Å². The van der Waals surface area contributed by atoms with Crippen molar-refractivity contribution in [2.45, 2.75) is 67.9 Å². The average Bonchev–Trinajstić information content (AvgIpc) is 2.70. The monoisotopic (exact) mass is 413 g/mol. The number of rotatable bonds is 9. The number of hydrogen-bond donors (Lipinski definition) is 2. The van der Waals surface area contributed by atoms with Gasteiger partial charge in [0.1, 0.15) is 5.75 Å². The Balaban J connectivity index is 1.61. The zero-order valence-corrected chi connectivity index (χ0v) is 18.1. The van der Waals surface area contributed by atoms with Crippen LogP contribution in [-0.2, 0) is 4.79 Å². The SMILES string of the molecule is Cc1ccc(Sc2ccccc2OC(C)CC2CCCCC2NCC(=O)O)cc1. The molecular formula is C24H31NO3S. The van der Waals surface area contributed by atoms with Crippen LogP contribution in [0.2, 0.25) is 0 Å². The molecule has 1 aliphatic carbocycles. The molecule has 0 aliphatic heterocycles. The van der Waals surface area contributed by atoms with Gasteiger partial charge in [-0.25, -0.2) is 0 Å². The topological polar surface area (TPSA) is 58.6 Å². The van der Waals surface area contributed by atoms with Crippen LogP contribution in [-0.4, -0.2) is 29.8 Å². The summed E-state index contributed by atoms with van der Waals surface area (Å²) in [6.07, 6.45) is 5.56. The van der Waals surface area contributed by atoms with Crippen molar-refractivity contribution in [2.24, 2.45) is 5.92 Å². The minimum absolute atomic E-state index is 0.0342. The van der Waals surface area contributed by atoms with Gasteiger partial charge in [0.05, 0.1) is 17.5 Å². The second-order valence-electron chi connectivity index (χ2n) is 7.95. The lowest BCUT2D eigenvalue weighted by atomic mass is 9.81. The quantitative estimate of drug-likeness (QED) is 0.565. The zero-order valence-electron chi connectivity index (χ0n) is 17.3. The lowest BCUT2D eigenvalue weighted by Crippen LogP contribution is -2.42. The van der Waals surface area contributed by atoms with E-state index >= 15 is 0 Å². The summed E-state index contributed by atoms with van der Waals surface area (Å²) in [5.74, 6) is 0.576. The molecule has 2 aromatic carbocycles. The summed E-state index contributed by atoms with van der Waals surface area (Å²) in [4.78, 5) is 13.2. The molecule has 0 bridgehead atoms. The smallest absolute Gasteiger partial charge is 0.317 e. The van der Waals surface area contributed by atoms with Crippen molar-refractivity contribution in [1.82, 2.24) is 5.32 Å². The molecule has 1 aliphatic rings. The number of carboxylic acid groups (broad SMARTS) is 1. The van der Waals surface area contributed by atoms with Crippen LogP contribution in [0.15, 0.2) is 58.3 Å². The van der Waals surface area contributed by atoms with E-state index in [-0.39, 0.29) is 18.7 Å². The van der Waals surface area contributed by atoms with Crippen molar-refractivity contribution in [3.8, 4) is 5.75 Å². The number of aryl methyl sites for hydroxylation is 1. The van der Waals surface area contributed by atoms with Crippen LogP contribution in [0.4, 0.5) is 0 Å². The molecule has 0 spiro atoms. The highest BCUT2D eigenvalue weighted by Crippen LogP contribution is 2.36. The number of hydrogen-bond acceptors (Lipinski definition) is 4. The zero-order chi connectivity index (χ0) is 20.6. The first-order valence-electron chi connectivity index (χ1n) is 10.5. The van der Waals surface area contributed by atoms with Crippen molar-refractivity contribution in [1.29, 1.82) is 0 Å². The van der Waals surface area contributed by atoms with Crippen LogP contribution in [0, 0.1) is 12.8 Å². The van der Waals surface area contributed by atoms with Gasteiger partial charge >= 0.3 is 5.97 Å². The highest BCUT2D eigenvalue weighted by atomic mass is 32.2. The molecule has 2 aromatic rings. The molecular weight excluding hydrogens is 382 g/mol. The Morgan fingerprint density at radius 2 is 1.90 bits per heavy atom. The van der Waals surface area contributed by atoms with Gasteiger partial charge in [0, 0.05) is 10.9 Å². The lowest BCUT2D eigenvalue weighted by molar-refractivity contribution is -0.136. The number of carbonyl (C=O) groups is 1. The maximum absolute atomic E-state index is 10.9. The van der Waals surface area contributed by atoms with Gasteiger partial charge in [0.2, 0.25) is 0 Å². The van der Waals surface area contributed by atoms with E-state index in [9.17, 15) is 4.79 Å². The lowest BCUT2D eigenvalue weighted by Gasteiger charge is -2.33. The van der Waals surface area contributed by atoms with Crippen molar-refractivity contribution in [2.75, 3.05) is 6.54 Å². The number of para-hydroxylation sites is 1. The predicted octanol–water partition coefficient (Wildman–Crippen LogP) is 5.54. The molecule has 0 radical (unpaired) electrons. The van der Waals surface area contributed by atoms with E-state index in [4.69, 9.17) is 9.84 Å². The summed E-state index contributed by atoms with van der Waals surface area (Å²) in [5, 5.41) is 12.2. The molecule has 1 fully saturated rings. The molecule has 3 unspecified atom stereocenters. The standard InChI is InChI=1S/C24H31NO3S/c1-17-11-13-20(14-12-17)29-23-10-6-5-9-22(23)28-18(2)15-19-7-3-4-8-21(19)25-16-24(26)27/h5-6,9-14,18-19,21,25H,3-4,7-8,15-16H2,1-2H3,(H,26,27). The Kier molecular flexibility index (Phi) is 8.01. The number of aliphatic carboxylic acids is 1. The fourth-order valence-electron chi connectivity index (χ4n) is 4.03. The number of nitrogens with one attached hydrogen (secondary N) is 1. The van der Waals surface area contributed by atoms with Crippen LogP contribution >= 0.6 is 11.8 Å². The molecule has 0 saturated heterocycles. The van der Waals surface area contributed by atoms with Crippen LogP contribution in [0.3, 0.4) is 0 Å². The summed E-state index contributed by atoms with van der Waals surface area (Å²) in [5.41, 5.74) is 1.26. The molecule has 156 valence electrons. The van der Waals surface area contributed by atoms with Gasteiger partial charge in [-0.05, 0) is 63.3 Å². The largest absolute Gasteiger partial charge is 0.490 e. The minimum Gasteiger partial charge on any atom is -0.490 e. The predicted molar refractivity (Wildman–Crippen MR) is 118 cm³/mol. The summed E-state index contributed by atoms with van der Waals surface area (Å²) < 4.78 is 6.35. The van der Waals surface area contributed by atoms with Crippen LogP contribution in [0.1, 0.15) is 44.6 Å². The maximum atomic E-state index is 10.9. The number of benzene rings is 2. The Hall–Kier alpha value is -1.98. The molecule has 0 amide bonds. The first kappa shape index (κ1) is 21.7. The minimum atomic E-state index is -0.791. The van der Waals surface area contributed by atoms with E-state index in [1.165, 1.54) is 23.3 Å². The van der Waals surface area contributed by atoms with Crippen molar-refractivity contribution < 1.29 is 14.6 Å². The molecule has 29 heavy (non-hydrogen) atoms. The average molecular weight is 414 g/mol. The van der Waals surface area contributed by atoms with Crippen LogP contribution in [0.5, 0.6) is 5.75 Å². The van der Waals surface area contributed by atoms with Crippen LogP contribution in [0.25, 0.3) is 0 Å². The molecule has 0 aromatic heterocycles. The summed E-state index contributed by atoms with van der Waals surface area (Å²) in [6, 6.07) is 17.0. The molecule has 3 rings (SSSR count). The second-order valence-corrected chi connectivity index (χ2v) is 9.07. The Morgan fingerprint density at radius 1 is 1.17 bits per heavy atom. The van der Waals surface area contributed by atoms with E-state index in [1.54, 1.807) is 11.8 Å². The normalized spacial score (nSPS) is 20.2. The van der Waals surface area contributed by atoms with Gasteiger partial charge in [-0.15, -0.1) is 0 Å². The first-order valence-corrected chi connectivity index (χ1v) is 11.3. The van der Waals surface area contributed by atoms with E-state index < -0.39 is 5.97 Å². The van der Waals surface area contributed by atoms with E-state index in [2.05, 4.69) is 49.5 Å². The summed E-state index contributed by atoms with van der Waals surface area (Å²) in [7, 11) is 0. The number of ether oxygens (including phenoxy) is 1. The third-order valence-corrected chi connectivity index (χ3v) is 6.55. The highest BCUT2D eigenvalue weighted by Gasteiger charge is 2.27. The third kappa shape index (κ3) is 6.79. The second kappa shape index (κ2) is 10.7. The van der Waals surface area contributed by atoms with Crippen molar-refractivity contribution >= 4 is 17.7 Å². The third-order valence-electron chi connectivity index (χ3n) is 5.49. The fraction of sp³-hybridized carbons (Fsp3) is 0.458. The van der Waals surface area contributed by atoms with Gasteiger partial charge in [0.15, 0.2) is 0 Å². The first-order chi connectivity index (χ1) is 14.0. The van der Waals surface area contributed by atoms with E-state index in [0.29, 0.717) is 5.92 Å². The molecule has 2 N–H and O–H groups in total. The molecule has 3 atom stereocenters. The molecule has 5 heteroatoms. The van der Waals surface area contributed by atoms with Gasteiger partial charge < -0.3 is 15.2 Å². The highest BCUT2D eigenvalue weighted by molar-refractivity contribution is 7.99. The van der Waals surface area contributed by atoms with Gasteiger partial charge in [-0.3, -0.25) is 4.79 Å². The molecule has 0 heterocycles.